The van der Waals surface area contributed by atoms with Gasteiger partial charge in [-0.1, -0.05) is 0 Å². The van der Waals surface area contributed by atoms with Crippen LogP contribution in [0.2, 0.25) is 0 Å². The summed E-state index contributed by atoms with van der Waals surface area (Å²) in [6.07, 6.45) is 0.833. The first-order chi connectivity index (χ1) is 5.91. The Balaban J connectivity index is 0.00000169. The molecular formula is C5H5N3NaO4S. The van der Waals surface area contributed by atoms with E-state index in [-0.39, 0.29) is 35.2 Å². The number of pyridine rings is 1. The van der Waals surface area contributed by atoms with Crippen LogP contribution in [-0.4, -0.2) is 47.9 Å². The molecule has 0 bridgehead atoms. The van der Waals surface area contributed by atoms with Gasteiger partial charge in [-0.3, -0.25) is 10.1 Å². The summed E-state index contributed by atoms with van der Waals surface area (Å²) >= 11 is 0. The van der Waals surface area contributed by atoms with Crippen molar-refractivity contribution in [2.24, 2.45) is 5.14 Å². The van der Waals surface area contributed by atoms with Crippen LogP contribution in [0.15, 0.2) is 23.4 Å². The van der Waals surface area contributed by atoms with Crippen LogP contribution >= 0.6 is 0 Å². The number of hydrogen-bond donors (Lipinski definition) is 1. The Hall–Kier alpha value is -0.540. The van der Waals surface area contributed by atoms with Gasteiger partial charge in [0, 0.05) is 35.6 Å². The minimum Gasteiger partial charge on any atom is -0.258 e. The van der Waals surface area contributed by atoms with Crippen LogP contribution in [-0.2, 0) is 10.0 Å². The normalized spacial score (nSPS) is 10.4. The van der Waals surface area contributed by atoms with Gasteiger partial charge in [0.1, 0.15) is 6.20 Å². The molecular weight excluding hydrogens is 221 g/mol. The molecule has 1 heterocycles. The monoisotopic (exact) mass is 226 g/mol. The zero-order chi connectivity index (χ0) is 10.1. The number of nitro groups is 1. The minimum atomic E-state index is -3.88. The van der Waals surface area contributed by atoms with Crippen LogP contribution in [0.1, 0.15) is 0 Å². The molecule has 0 aliphatic heterocycles. The number of rotatable bonds is 2. The van der Waals surface area contributed by atoms with Gasteiger partial charge >= 0.3 is 0 Å². The second-order valence-corrected chi connectivity index (χ2v) is 3.67. The quantitative estimate of drug-likeness (QED) is 0.404. The molecule has 0 saturated carbocycles. The van der Waals surface area contributed by atoms with Crippen molar-refractivity contribution in [2.75, 3.05) is 0 Å². The van der Waals surface area contributed by atoms with Crippen molar-refractivity contribution in [2.45, 2.75) is 5.03 Å². The van der Waals surface area contributed by atoms with E-state index in [2.05, 4.69) is 4.98 Å². The molecule has 0 aromatic carbocycles. The fourth-order valence-corrected chi connectivity index (χ4v) is 1.11. The third-order valence-corrected chi connectivity index (χ3v) is 2.05. The minimum absolute atomic E-state index is 0. The second-order valence-electron chi connectivity index (χ2n) is 2.16. The molecule has 0 spiro atoms. The van der Waals surface area contributed by atoms with E-state index in [0.29, 0.717) is 0 Å². The maximum atomic E-state index is 10.7. The summed E-state index contributed by atoms with van der Waals surface area (Å²) in [4.78, 5) is 12.8. The van der Waals surface area contributed by atoms with Gasteiger partial charge in [-0.05, 0) is 6.07 Å². The number of hydrogen-bond acceptors (Lipinski definition) is 5. The van der Waals surface area contributed by atoms with Crippen molar-refractivity contribution in [1.82, 2.24) is 4.98 Å². The van der Waals surface area contributed by atoms with Crippen LogP contribution in [0, 0.1) is 10.1 Å². The zero-order valence-electron chi connectivity index (χ0n) is 7.25. The van der Waals surface area contributed by atoms with Gasteiger partial charge in [-0.15, -0.1) is 0 Å². The topological polar surface area (TPSA) is 116 Å². The maximum absolute atomic E-state index is 10.7. The molecule has 1 rings (SSSR count). The van der Waals surface area contributed by atoms with E-state index in [4.69, 9.17) is 5.14 Å². The van der Waals surface area contributed by atoms with E-state index < -0.39 is 20.0 Å². The van der Waals surface area contributed by atoms with Gasteiger partial charge < -0.3 is 0 Å². The van der Waals surface area contributed by atoms with Crippen molar-refractivity contribution in [3.63, 3.8) is 0 Å². The third kappa shape index (κ3) is 3.31. The van der Waals surface area contributed by atoms with Crippen LogP contribution in [0.3, 0.4) is 0 Å². The van der Waals surface area contributed by atoms with Gasteiger partial charge in [-0.2, -0.15) is 0 Å². The molecule has 0 aliphatic carbocycles. The summed E-state index contributed by atoms with van der Waals surface area (Å²) in [5.41, 5.74) is -0.285. The average Bonchev–Trinajstić information content (AvgIpc) is 2.03. The molecule has 0 aliphatic rings. The Morgan fingerprint density at radius 3 is 2.29 bits per heavy atom. The first-order valence-corrected chi connectivity index (χ1v) is 4.59. The van der Waals surface area contributed by atoms with E-state index in [9.17, 15) is 18.5 Å². The van der Waals surface area contributed by atoms with E-state index in [1.165, 1.54) is 0 Å². The van der Waals surface area contributed by atoms with Gasteiger partial charge in [0.05, 0.1) is 4.92 Å². The van der Waals surface area contributed by atoms with Gasteiger partial charge in [0.25, 0.3) is 15.7 Å². The summed E-state index contributed by atoms with van der Waals surface area (Å²) in [5, 5.41) is 14.5. The van der Waals surface area contributed by atoms with E-state index in [1.54, 1.807) is 0 Å². The average molecular weight is 226 g/mol. The predicted octanol–water partition coefficient (Wildman–Crippen LogP) is -0.744. The molecule has 9 heteroatoms. The van der Waals surface area contributed by atoms with E-state index in [1.807, 2.05) is 0 Å². The van der Waals surface area contributed by atoms with Crippen molar-refractivity contribution in [3.8, 4) is 0 Å². The van der Waals surface area contributed by atoms with Crippen LogP contribution < -0.4 is 5.14 Å². The summed E-state index contributed by atoms with van der Waals surface area (Å²) in [5.74, 6) is 0. The van der Waals surface area contributed by atoms with Gasteiger partial charge in [-0.25, -0.2) is 18.5 Å². The van der Waals surface area contributed by atoms with Crippen molar-refractivity contribution in [1.29, 1.82) is 0 Å². The van der Waals surface area contributed by atoms with Crippen LogP contribution in [0.4, 0.5) is 5.69 Å². The molecule has 0 saturated heterocycles. The zero-order valence-corrected chi connectivity index (χ0v) is 10.1. The fraction of sp³-hybridized carbons (Fsp3) is 0. The number of nitrogens with zero attached hydrogens (tertiary/aromatic N) is 2. The van der Waals surface area contributed by atoms with Crippen LogP contribution in [0.25, 0.3) is 0 Å². The predicted molar refractivity (Wildman–Crippen MR) is 48.0 cm³/mol. The van der Waals surface area contributed by atoms with E-state index in [0.717, 1.165) is 18.3 Å². The van der Waals surface area contributed by atoms with Crippen LogP contribution in [0.5, 0.6) is 0 Å². The molecule has 0 unspecified atom stereocenters. The summed E-state index contributed by atoms with van der Waals surface area (Å²) in [6.45, 7) is 0. The summed E-state index contributed by atoms with van der Waals surface area (Å²) in [7, 11) is -3.88. The molecule has 7 nitrogen and oxygen atoms in total. The van der Waals surface area contributed by atoms with E-state index >= 15 is 0 Å². The fourth-order valence-electron chi connectivity index (χ4n) is 0.649. The molecule has 71 valence electrons. The summed E-state index contributed by atoms with van der Waals surface area (Å²) in [6, 6.07) is 2.00. The van der Waals surface area contributed by atoms with Crippen molar-refractivity contribution in [3.05, 3.63) is 28.4 Å². The number of sulfonamides is 1. The smallest absolute Gasteiger partial charge is 0.258 e. The van der Waals surface area contributed by atoms with Crippen molar-refractivity contribution >= 4 is 45.3 Å². The molecule has 0 atom stereocenters. The number of aromatic nitrogens is 1. The Morgan fingerprint density at radius 1 is 1.43 bits per heavy atom. The third-order valence-electron chi connectivity index (χ3n) is 1.22. The first-order valence-electron chi connectivity index (χ1n) is 3.04. The molecule has 0 fully saturated rings. The molecule has 2 N–H and O–H groups in total. The second kappa shape index (κ2) is 4.80. The molecule has 14 heavy (non-hydrogen) atoms. The first kappa shape index (κ1) is 13.5. The molecule has 1 radical (unpaired) electrons. The SMILES string of the molecule is NS(=O)(=O)c1ccc([N+](=O)[O-])cn1.[Na]. The molecule has 1 aromatic heterocycles. The standard InChI is InChI=1S/C5H5N3O4S.Na/c6-13(11,12)5-2-1-4(3-7-5)8(9)10;/h1-3H,(H2,6,11,12);. The van der Waals surface area contributed by atoms with Gasteiger partial charge in [0.2, 0.25) is 0 Å². The molecule has 0 amide bonds. The maximum Gasteiger partial charge on any atom is 0.287 e. The Labute approximate surface area is 102 Å². The Bertz CT molecular complexity index is 429. The Kier molecular flexibility index (Phi) is 4.62. The largest absolute Gasteiger partial charge is 0.287 e. The number of primary sulfonamides is 1. The van der Waals surface area contributed by atoms with Crippen molar-refractivity contribution < 1.29 is 13.3 Å². The number of nitrogens with two attached hydrogens (primary N) is 1. The summed E-state index contributed by atoms with van der Waals surface area (Å²) < 4.78 is 21.3. The molecule has 1 aromatic rings. The Morgan fingerprint density at radius 2 is 2.00 bits per heavy atom. The van der Waals surface area contributed by atoms with Gasteiger partial charge in [0.15, 0.2) is 5.03 Å².